The van der Waals surface area contributed by atoms with Gasteiger partial charge in [-0.3, -0.25) is 19.6 Å². The summed E-state index contributed by atoms with van der Waals surface area (Å²) in [6, 6.07) is 21.5. The molecule has 0 fully saturated rings. The Labute approximate surface area is 181 Å². The number of nitrogens with zero attached hydrogens (tertiary/aromatic N) is 1. The summed E-state index contributed by atoms with van der Waals surface area (Å²) >= 11 is 0. The maximum atomic E-state index is 13.4. The van der Waals surface area contributed by atoms with Gasteiger partial charge in [-0.1, -0.05) is 54.6 Å². The number of carbonyl (C=O) groups is 1. The maximum absolute atomic E-state index is 13.4. The highest BCUT2D eigenvalue weighted by Gasteiger charge is 2.40. The zero-order valence-electron chi connectivity index (χ0n) is 17.1. The van der Waals surface area contributed by atoms with Crippen LogP contribution in [-0.4, -0.2) is 27.9 Å². The summed E-state index contributed by atoms with van der Waals surface area (Å²) in [5, 5.41) is 2.41. The van der Waals surface area contributed by atoms with Gasteiger partial charge in [0.25, 0.3) is 5.56 Å². The van der Waals surface area contributed by atoms with Gasteiger partial charge in [-0.2, -0.15) is 0 Å². The van der Waals surface area contributed by atoms with E-state index < -0.39 is 17.2 Å². The number of benzene rings is 3. The standard InChI is InChI=1S/C25H18N4O3/c1-29-17-9-5-4-8-16(17)18(24(29)31)19-20-22(27-25(32)28-23(20)30)26-21(19)15-11-10-13-6-2-3-7-14(13)12-15/h2-12,18H,1H3,(H3,26,27,28,30,32). The molecule has 3 heterocycles. The number of anilines is 1. The predicted octanol–water partition coefficient (Wildman–Crippen LogP) is 3.47. The first-order valence-corrected chi connectivity index (χ1v) is 10.3. The molecule has 0 radical (unpaired) electrons. The van der Waals surface area contributed by atoms with Crippen LogP contribution in [0.15, 0.2) is 76.3 Å². The quantitative estimate of drug-likeness (QED) is 0.406. The third-order valence-corrected chi connectivity index (χ3v) is 6.24. The normalized spacial score (nSPS) is 15.6. The lowest BCUT2D eigenvalue weighted by Crippen LogP contribution is -2.26. The van der Waals surface area contributed by atoms with Crippen molar-refractivity contribution >= 4 is 33.4 Å². The van der Waals surface area contributed by atoms with Crippen LogP contribution in [0, 0.1) is 0 Å². The summed E-state index contributed by atoms with van der Waals surface area (Å²) in [5.74, 6) is -0.793. The Balaban J connectivity index is 1.71. The van der Waals surface area contributed by atoms with Crippen LogP contribution < -0.4 is 16.1 Å². The molecule has 2 aromatic heterocycles. The van der Waals surface area contributed by atoms with Crippen LogP contribution in [0.1, 0.15) is 17.0 Å². The number of hydrogen-bond donors (Lipinski definition) is 3. The maximum Gasteiger partial charge on any atom is 0.327 e. The Hall–Kier alpha value is -4.39. The van der Waals surface area contributed by atoms with E-state index in [1.54, 1.807) is 11.9 Å². The minimum Gasteiger partial charge on any atom is -0.340 e. The highest BCUT2D eigenvalue weighted by atomic mass is 16.2. The summed E-state index contributed by atoms with van der Waals surface area (Å²) in [4.78, 5) is 48.1. The van der Waals surface area contributed by atoms with E-state index in [9.17, 15) is 14.4 Å². The smallest absolute Gasteiger partial charge is 0.327 e. The molecule has 1 aliphatic heterocycles. The van der Waals surface area contributed by atoms with Gasteiger partial charge in [0.15, 0.2) is 0 Å². The van der Waals surface area contributed by atoms with E-state index in [-0.39, 0.29) is 11.3 Å². The number of para-hydroxylation sites is 1. The predicted molar refractivity (Wildman–Crippen MR) is 124 cm³/mol. The van der Waals surface area contributed by atoms with Crippen LogP contribution >= 0.6 is 0 Å². The van der Waals surface area contributed by atoms with E-state index in [4.69, 9.17) is 0 Å². The molecule has 3 N–H and O–H groups in total. The Kier molecular flexibility index (Phi) is 3.76. The molecule has 0 spiro atoms. The Morgan fingerprint density at radius 1 is 0.812 bits per heavy atom. The fraction of sp³-hybridized carbons (Fsp3) is 0.0800. The molecule has 156 valence electrons. The van der Waals surface area contributed by atoms with Crippen molar-refractivity contribution in [3.63, 3.8) is 0 Å². The fourth-order valence-corrected chi connectivity index (χ4v) is 4.78. The molecule has 1 amide bonds. The molecule has 7 nitrogen and oxygen atoms in total. The molecular weight excluding hydrogens is 404 g/mol. The number of fused-ring (bicyclic) bond motifs is 3. The van der Waals surface area contributed by atoms with Gasteiger partial charge >= 0.3 is 5.69 Å². The number of nitrogens with one attached hydrogen (secondary N) is 3. The van der Waals surface area contributed by atoms with Crippen molar-refractivity contribution in [1.29, 1.82) is 0 Å². The molecule has 1 aliphatic rings. The van der Waals surface area contributed by atoms with E-state index in [1.165, 1.54) is 0 Å². The number of amides is 1. The highest BCUT2D eigenvalue weighted by molar-refractivity contribution is 6.10. The summed E-state index contributed by atoms with van der Waals surface area (Å²) in [6.45, 7) is 0. The second-order valence-electron chi connectivity index (χ2n) is 8.02. The first-order chi connectivity index (χ1) is 15.5. The molecule has 3 aromatic carbocycles. The van der Waals surface area contributed by atoms with Crippen molar-refractivity contribution in [2.24, 2.45) is 0 Å². The van der Waals surface area contributed by atoms with Crippen LogP contribution in [0.4, 0.5) is 5.69 Å². The molecule has 1 atom stereocenters. The van der Waals surface area contributed by atoms with E-state index in [1.807, 2.05) is 66.7 Å². The summed E-state index contributed by atoms with van der Waals surface area (Å²) in [5.41, 5.74) is 2.84. The highest BCUT2D eigenvalue weighted by Crippen LogP contribution is 2.45. The largest absolute Gasteiger partial charge is 0.340 e. The van der Waals surface area contributed by atoms with Crippen molar-refractivity contribution in [3.8, 4) is 11.3 Å². The lowest BCUT2D eigenvalue weighted by atomic mass is 9.88. The van der Waals surface area contributed by atoms with Gasteiger partial charge in [0.05, 0.1) is 17.0 Å². The van der Waals surface area contributed by atoms with E-state index >= 15 is 0 Å². The number of aromatic nitrogens is 3. The van der Waals surface area contributed by atoms with Crippen molar-refractivity contribution in [2.75, 3.05) is 11.9 Å². The summed E-state index contributed by atoms with van der Waals surface area (Å²) in [7, 11) is 1.73. The summed E-state index contributed by atoms with van der Waals surface area (Å²) < 4.78 is 0. The zero-order valence-corrected chi connectivity index (χ0v) is 17.1. The number of aromatic amines is 3. The average molecular weight is 422 g/mol. The van der Waals surface area contributed by atoms with Gasteiger partial charge in [-0.05, 0) is 34.0 Å². The minimum atomic E-state index is -0.668. The molecule has 1 unspecified atom stereocenters. The lowest BCUT2D eigenvalue weighted by molar-refractivity contribution is -0.118. The van der Waals surface area contributed by atoms with Crippen LogP contribution in [0.5, 0.6) is 0 Å². The first kappa shape index (κ1) is 18.4. The molecule has 5 aromatic rings. The molecule has 0 bridgehead atoms. The van der Waals surface area contributed by atoms with Crippen molar-refractivity contribution in [3.05, 3.63) is 98.7 Å². The van der Waals surface area contributed by atoms with Crippen LogP contribution in [0.25, 0.3) is 33.1 Å². The van der Waals surface area contributed by atoms with Gasteiger partial charge in [-0.15, -0.1) is 0 Å². The second-order valence-corrected chi connectivity index (χ2v) is 8.02. The number of hydrogen-bond acceptors (Lipinski definition) is 3. The van der Waals surface area contributed by atoms with Gasteiger partial charge in [0.2, 0.25) is 5.91 Å². The number of likely N-dealkylation sites (N-methyl/N-ethyl adjacent to an activating group) is 1. The first-order valence-electron chi connectivity index (χ1n) is 10.3. The van der Waals surface area contributed by atoms with Gasteiger partial charge in [0, 0.05) is 18.3 Å². The van der Waals surface area contributed by atoms with Crippen molar-refractivity contribution in [2.45, 2.75) is 5.92 Å². The Morgan fingerprint density at radius 2 is 1.56 bits per heavy atom. The monoisotopic (exact) mass is 422 g/mol. The molecule has 32 heavy (non-hydrogen) atoms. The molecule has 6 rings (SSSR count). The molecule has 0 aliphatic carbocycles. The molecule has 0 saturated carbocycles. The van der Waals surface area contributed by atoms with Crippen LogP contribution in [0.3, 0.4) is 0 Å². The number of H-pyrrole nitrogens is 3. The average Bonchev–Trinajstić information content (AvgIpc) is 3.29. The molecular formula is C25H18N4O3. The molecule has 0 saturated heterocycles. The second kappa shape index (κ2) is 6.55. The topological polar surface area (TPSA) is 102 Å². The zero-order chi connectivity index (χ0) is 22.0. The van der Waals surface area contributed by atoms with Crippen LogP contribution in [0.2, 0.25) is 0 Å². The van der Waals surface area contributed by atoms with E-state index in [0.717, 1.165) is 27.6 Å². The van der Waals surface area contributed by atoms with Gasteiger partial charge < -0.3 is 9.88 Å². The lowest BCUT2D eigenvalue weighted by Gasteiger charge is -2.13. The minimum absolute atomic E-state index is 0.125. The van der Waals surface area contributed by atoms with Crippen LogP contribution in [-0.2, 0) is 4.79 Å². The third kappa shape index (κ3) is 2.51. The van der Waals surface area contributed by atoms with Gasteiger partial charge in [0.1, 0.15) is 5.65 Å². The van der Waals surface area contributed by atoms with Crippen molar-refractivity contribution < 1.29 is 4.79 Å². The Bertz CT molecular complexity index is 1670. The Morgan fingerprint density at radius 3 is 2.41 bits per heavy atom. The van der Waals surface area contributed by atoms with E-state index in [0.29, 0.717) is 16.9 Å². The molecule has 7 heteroatoms. The third-order valence-electron chi connectivity index (χ3n) is 6.24. The number of carbonyl (C=O) groups excluding carboxylic acids is 1. The number of rotatable bonds is 2. The SMILES string of the molecule is CN1C(=O)C(c2c(-c3ccc4ccccc4c3)[nH]c3[nH]c(=O)[nH]c(=O)c23)c2ccccc21. The van der Waals surface area contributed by atoms with E-state index in [2.05, 4.69) is 15.0 Å². The van der Waals surface area contributed by atoms with Gasteiger partial charge in [-0.25, -0.2) is 4.79 Å². The van der Waals surface area contributed by atoms with Crippen molar-refractivity contribution in [1.82, 2.24) is 15.0 Å². The fourth-order valence-electron chi connectivity index (χ4n) is 4.78. The summed E-state index contributed by atoms with van der Waals surface area (Å²) in [6.07, 6.45) is 0.